The lowest BCUT2D eigenvalue weighted by molar-refractivity contribution is -0.131. The van der Waals surface area contributed by atoms with Crippen molar-refractivity contribution in [3.05, 3.63) is 0 Å². The number of aliphatic hydroxyl groups excluding tert-OH is 1. The number of hydrogen-bond donors (Lipinski definition) is 1. The van der Waals surface area contributed by atoms with Gasteiger partial charge in [-0.25, -0.2) is 0 Å². The van der Waals surface area contributed by atoms with E-state index < -0.39 is 0 Å². The topological polar surface area (TPSA) is 64.3 Å². The van der Waals surface area contributed by atoms with Gasteiger partial charge in [0.1, 0.15) is 6.42 Å². The van der Waals surface area contributed by atoms with Crippen molar-refractivity contribution < 1.29 is 9.90 Å². The highest BCUT2D eigenvalue weighted by Crippen LogP contribution is 2.02. The van der Waals surface area contributed by atoms with Gasteiger partial charge in [-0.3, -0.25) is 4.79 Å². The molecule has 0 unspecified atom stereocenters. The summed E-state index contributed by atoms with van der Waals surface area (Å²) in [7, 11) is 0. The quantitative estimate of drug-likeness (QED) is 0.677. The number of hydrogen-bond acceptors (Lipinski definition) is 3. The number of nitriles is 1. The predicted octanol–water partition coefficient (Wildman–Crippen LogP) is 0.519. The molecule has 0 rings (SSSR count). The Morgan fingerprint density at radius 3 is 2.62 bits per heavy atom. The Morgan fingerprint density at radius 2 is 2.23 bits per heavy atom. The van der Waals surface area contributed by atoms with Gasteiger partial charge >= 0.3 is 0 Å². The minimum absolute atomic E-state index is 0.0725. The third-order valence-corrected chi connectivity index (χ3v) is 1.73. The van der Waals surface area contributed by atoms with Crippen LogP contribution in [0, 0.1) is 11.3 Å². The van der Waals surface area contributed by atoms with Crippen LogP contribution >= 0.6 is 0 Å². The molecular weight excluding hydrogens is 168 g/mol. The van der Waals surface area contributed by atoms with E-state index in [0.717, 1.165) is 0 Å². The predicted molar refractivity (Wildman–Crippen MR) is 48.8 cm³/mol. The zero-order chi connectivity index (χ0) is 10.3. The van der Waals surface area contributed by atoms with E-state index in [2.05, 4.69) is 0 Å². The summed E-state index contributed by atoms with van der Waals surface area (Å²) in [6.45, 7) is 4.39. The summed E-state index contributed by atoms with van der Waals surface area (Å²) >= 11 is 0. The third kappa shape index (κ3) is 4.48. The standard InChI is InChI=1S/C9H16N2O2/c1-8(2)11(6-3-7-12)9(13)4-5-10/h8,12H,3-4,6-7H2,1-2H3. The van der Waals surface area contributed by atoms with E-state index in [-0.39, 0.29) is 25.0 Å². The van der Waals surface area contributed by atoms with Crippen molar-refractivity contribution in [3.8, 4) is 6.07 Å². The molecule has 1 N–H and O–H groups in total. The van der Waals surface area contributed by atoms with Gasteiger partial charge < -0.3 is 10.0 Å². The van der Waals surface area contributed by atoms with Crippen molar-refractivity contribution in [2.75, 3.05) is 13.2 Å². The van der Waals surface area contributed by atoms with Gasteiger partial charge in [0.05, 0.1) is 6.07 Å². The fraction of sp³-hybridized carbons (Fsp3) is 0.778. The molecule has 0 bridgehead atoms. The zero-order valence-electron chi connectivity index (χ0n) is 8.16. The Morgan fingerprint density at radius 1 is 1.62 bits per heavy atom. The molecule has 0 radical (unpaired) electrons. The summed E-state index contributed by atoms with van der Waals surface area (Å²) < 4.78 is 0. The van der Waals surface area contributed by atoms with Crippen LogP contribution in [0.1, 0.15) is 26.7 Å². The molecule has 4 nitrogen and oxygen atoms in total. The lowest BCUT2D eigenvalue weighted by atomic mass is 10.2. The molecule has 74 valence electrons. The monoisotopic (exact) mass is 184 g/mol. The van der Waals surface area contributed by atoms with Gasteiger partial charge in [-0.1, -0.05) is 0 Å². The molecule has 0 aromatic carbocycles. The SMILES string of the molecule is CC(C)N(CCCO)C(=O)CC#N. The maximum Gasteiger partial charge on any atom is 0.237 e. The summed E-state index contributed by atoms with van der Waals surface area (Å²) in [6.07, 6.45) is 0.485. The molecule has 0 aliphatic heterocycles. The van der Waals surface area contributed by atoms with Gasteiger partial charge in [0.2, 0.25) is 5.91 Å². The smallest absolute Gasteiger partial charge is 0.237 e. The van der Waals surface area contributed by atoms with Crippen molar-refractivity contribution in [2.24, 2.45) is 0 Å². The first kappa shape index (κ1) is 11.9. The van der Waals surface area contributed by atoms with Crippen LogP contribution in [0.25, 0.3) is 0 Å². The van der Waals surface area contributed by atoms with Crippen LogP contribution in [0.15, 0.2) is 0 Å². The van der Waals surface area contributed by atoms with Gasteiger partial charge in [-0.15, -0.1) is 0 Å². The fourth-order valence-corrected chi connectivity index (χ4v) is 1.08. The van der Waals surface area contributed by atoms with Crippen LogP contribution in [0.3, 0.4) is 0 Å². The lowest BCUT2D eigenvalue weighted by Crippen LogP contribution is -2.37. The van der Waals surface area contributed by atoms with Crippen LogP contribution in [0.4, 0.5) is 0 Å². The second kappa shape index (κ2) is 6.44. The summed E-state index contributed by atoms with van der Waals surface area (Å²) in [6, 6.07) is 1.92. The normalized spacial score (nSPS) is 9.77. The van der Waals surface area contributed by atoms with Crippen molar-refractivity contribution in [1.29, 1.82) is 5.26 Å². The highest BCUT2D eigenvalue weighted by molar-refractivity contribution is 5.78. The number of carbonyl (C=O) groups is 1. The molecule has 0 fully saturated rings. The summed E-state index contributed by atoms with van der Waals surface area (Å²) in [4.78, 5) is 12.9. The average Bonchev–Trinajstić information content (AvgIpc) is 2.05. The van der Waals surface area contributed by atoms with Crippen molar-refractivity contribution >= 4 is 5.91 Å². The van der Waals surface area contributed by atoms with Crippen molar-refractivity contribution in [2.45, 2.75) is 32.7 Å². The third-order valence-electron chi connectivity index (χ3n) is 1.73. The number of rotatable bonds is 5. The maximum atomic E-state index is 11.3. The number of amides is 1. The van der Waals surface area contributed by atoms with Crippen molar-refractivity contribution in [1.82, 2.24) is 4.90 Å². The van der Waals surface area contributed by atoms with Crippen LogP contribution in [0.2, 0.25) is 0 Å². The molecule has 0 aliphatic rings. The van der Waals surface area contributed by atoms with Gasteiger partial charge in [0.25, 0.3) is 0 Å². The first-order chi connectivity index (χ1) is 6.13. The van der Waals surface area contributed by atoms with Gasteiger partial charge in [-0.2, -0.15) is 5.26 Å². The Balaban J connectivity index is 4.09. The lowest BCUT2D eigenvalue weighted by Gasteiger charge is -2.25. The fourth-order valence-electron chi connectivity index (χ4n) is 1.08. The number of aliphatic hydroxyl groups is 1. The van der Waals surface area contributed by atoms with E-state index in [9.17, 15) is 4.79 Å². The molecular formula is C9H16N2O2. The van der Waals surface area contributed by atoms with E-state index in [1.165, 1.54) is 0 Å². The molecule has 0 aromatic rings. The second-order valence-electron chi connectivity index (χ2n) is 3.09. The summed E-state index contributed by atoms with van der Waals surface area (Å²) in [5.74, 6) is -0.161. The second-order valence-corrected chi connectivity index (χ2v) is 3.09. The first-order valence-electron chi connectivity index (χ1n) is 4.40. The molecule has 0 spiro atoms. The van der Waals surface area contributed by atoms with E-state index >= 15 is 0 Å². The largest absolute Gasteiger partial charge is 0.396 e. The van der Waals surface area contributed by atoms with E-state index in [1.54, 1.807) is 4.90 Å². The molecule has 0 heterocycles. The maximum absolute atomic E-state index is 11.3. The van der Waals surface area contributed by atoms with E-state index in [4.69, 9.17) is 10.4 Å². The van der Waals surface area contributed by atoms with Gasteiger partial charge in [0, 0.05) is 19.2 Å². The van der Waals surface area contributed by atoms with Gasteiger partial charge in [-0.05, 0) is 20.3 Å². The molecule has 0 saturated heterocycles. The summed E-state index contributed by atoms with van der Waals surface area (Å²) in [5.41, 5.74) is 0. The van der Waals surface area contributed by atoms with Crippen LogP contribution < -0.4 is 0 Å². The van der Waals surface area contributed by atoms with Crippen LogP contribution in [0.5, 0.6) is 0 Å². The Bertz CT molecular complexity index is 196. The Kier molecular flexibility index (Phi) is 5.90. The molecule has 0 saturated carbocycles. The zero-order valence-corrected chi connectivity index (χ0v) is 8.16. The highest BCUT2D eigenvalue weighted by atomic mass is 16.3. The van der Waals surface area contributed by atoms with Crippen molar-refractivity contribution in [3.63, 3.8) is 0 Å². The Hall–Kier alpha value is -1.08. The Labute approximate surface area is 78.8 Å². The minimum Gasteiger partial charge on any atom is -0.396 e. The molecule has 0 aliphatic carbocycles. The molecule has 0 aromatic heterocycles. The molecule has 13 heavy (non-hydrogen) atoms. The van der Waals surface area contributed by atoms with Gasteiger partial charge in [0.15, 0.2) is 0 Å². The van der Waals surface area contributed by atoms with E-state index in [1.807, 2.05) is 19.9 Å². The number of carbonyl (C=O) groups excluding carboxylic acids is 1. The highest BCUT2D eigenvalue weighted by Gasteiger charge is 2.15. The first-order valence-corrected chi connectivity index (χ1v) is 4.40. The average molecular weight is 184 g/mol. The minimum atomic E-state index is -0.161. The van der Waals surface area contributed by atoms with Crippen LogP contribution in [-0.4, -0.2) is 35.1 Å². The van der Waals surface area contributed by atoms with Crippen LogP contribution in [-0.2, 0) is 4.79 Å². The molecule has 0 atom stereocenters. The molecule has 4 heteroatoms. The number of nitrogens with zero attached hydrogens (tertiary/aromatic N) is 2. The summed E-state index contributed by atoms with van der Waals surface area (Å²) in [5, 5.41) is 17.0. The molecule has 1 amide bonds. The van der Waals surface area contributed by atoms with E-state index in [0.29, 0.717) is 13.0 Å².